The minimum atomic E-state index is 0.550. The van der Waals surface area contributed by atoms with Crippen LogP contribution < -0.4 is 4.90 Å². The molecule has 0 saturated heterocycles. The van der Waals surface area contributed by atoms with Crippen molar-refractivity contribution in [2.24, 2.45) is 5.92 Å². The molecule has 0 N–H and O–H groups in total. The Labute approximate surface area is 345 Å². The Bertz CT molecular complexity index is 3160. The molecule has 1 heterocycles. The van der Waals surface area contributed by atoms with E-state index in [0.29, 0.717) is 5.92 Å². The van der Waals surface area contributed by atoms with Gasteiger partial charge in [0, 0.05) is 33.5 Å². The van der Waals surface area contributed by atoms with Gasteiger partial charge in [0.25, 0.3) is 0 Å². The predicted octanol–water partition coefficient (Wildman–Crippen LogP) is 15.6. The summed E-state index contributed by atoms with van der Waals surface area (Å²) < 4.78 is 2.39. The molecule has 0 radical (unpaired) electrons. The molecule has 0 fully saturated rings. The largest absolute Gasteiger partial charge is 0.311 e. The van der Waals surface area contributed by atoms with Gasteiger partial charge in [-0.25, -0.2) is 0 Å². The molecular formula is C57H42N2. The Morgan fingerprint density at radius 1 is 0.424 bits per heavy atom. The first-order chi connectivity index (χ1) is 29.2. The summed E-state index contributed by atoms with van der Waals surface area (Å²) in [6, 6.07) is 75.3. The number of nitrogens with zero attached hydrogens (tertiary/aromatic N) is 2. The molecule has 2 heteroatoms. The van der Waals surface area contributed by atoms with Gasteiger partial charge in [-0.1, -0.05) is 165 Å². The van der Waals surface area contributed by atoms with Gasteiger partial charge in [-0.2, -0.15) is 0 Å². The van der Waals surface area contributed by atoms with Gasteiger partial charge in [0.2, 0.25) is 0 Å². The number of anilines is 3. The third-order valence-corrected chi connectivity index (χ3v) is 12.2. The summed E-state index contributed by atoms with van der Waals surface area (Å²) in [4.78, 5) is 2.37. The van der Waals surface area contributed by atoms with E-state index in [9.17, 15) is 0 Å². The maximum atomic E-state index is 2.39. The van der Waals surface area contributed by atoms with Crippen LogP contribution in [0.2, 0.25) is 0 Å². The van der Waals surface area contributed by atoms with E-state index < -0.39 is 0 Å². The zero-order valence-corrected chi connectivity index (χ0v) is 33.0. The molecular weight excluding hydrogens is 713 g/mol. The molecule has 1 aromatic heterocycles. The van der Waals surface area contributed by atoms with Crippen LogP contribution in [-0.4, -0.2) is 4.57 Å². The molecule has 9 aromatic carbocycles. The number of para-hydroxylation sites is 2. The minimum Gasteiger partial charge on any atom is -0.311 e. The summed E-state index contributed by atoms with van der Waals surface area (Å²) in [7, 11) is 0. The number of benzene rings is 9. The highest BCUT2D eigenvalue weighted by Crippen LogP contribution is 2.41. The van der Waals surface area contributed by atoms with Crippen molar-refractivity contribution in [2.75, 3.05) is 4.90 Å². The van der Waals surface area contributed by atoms with Crippen LogP contribution in [0, 0.1) is 5.92 Å². The van der Waals surface area contributed by atoms with Gasteiger partial charge in [0.05, 0.1) is 11.0 Å². The molecule has 1 atom stereocenters. The highest BCUT2D eigenvalue weighted by atomic mass is 15.1. The fourth-order valence-corrected chi connectivity index (χ4v) is 9.21. The molecule has 0 saturated carbocycles. The van der Waals surface area contributed by atoms with Crippen molar-refractivity contribution in [1.82, 2.24) is 4.57 Å². The van der Waals surface area contributed by atoms with E-state index in [-0.39, 0.29) is 0 Å². The van der Waals surface area contributed by atoms with Gasteiger partial charge in [-0.15, -0.1) is 0 Å². The molecule has 1 aliphatic carbocycles. The average molecular weight is 755 g/mol. The molecule has 2 nitrogen and oxygen atoms in total. The van der Waals surface area contributed by atoms with Crippen molar-refractivity contribution >= 4 is 55.7 Å². The van der Waals surface area contributed by atoms with E-state index in [1.54, 1.807) is 0 Å². The van der Waals surface area contributed by atoms with Crippen molar-refractivity contribution in [1.29, 1.82) is 0 Å². The third-order valence-electron chi connectivity index (χ3n) is 12.2. The van der Waals surface area contributed by atoms with Crippen molar-refractivity contribution in [3.05, 3.63) is 223 Å². The van der Waals surface area contributed by atoms with Crippen LogP contribution in [-0.2, 0) is 6.42 Å². The number of hydrogen-bond acceptors (Lipinski definition) is 1. The van der Waals surface area contributed by atoms with E-state index in [1.807, 2.05) is 0 Å². The highest BCUT2D eigenvalue weighted by molar-refractivity contribution is 6.10. The lowest BCUT2D eigenvalue weighted by Crippen LogP contribution is -2.09. The number of aromatic nitrogens is 1. The maximum absolute atomic E-state index is 2.39. The normalized spacial score (nSPS) is 13.5. The molecule has 0 spiro atoms. The molecule has 0 bridgehead atoms. The Balaban J connectivity index is 0.981. The maximum Gasteiger partial charge on any atom is 0.0547 e. The first-order valence-electron chi connectivity index (χ1n) is 20.6. The first-order valence-corrected chi connectivity index (χ1v) is 20.6. The summed E-state index contributed by atoms with van der Waals surface area (Å²) in [6.07, 6.45) is 5.70. The lowest BCUT2D eigenvalue weighted by molar-refractivity contribution is 0.721. The van der Waals surface area contributed by atoms with Crippen LogP contribution in [0.4, 0.5) is 17.1 Å². The van der Waals surface area contributed by atoms with E-state index >= 15 is 0 Å². The minimum absolute atomic E-state index is 0.550. The topological polar surface area (TPSA) is 8.17 Å². The summed E-state index contributed by atoms with van der Waals surface area (Å²) in [5.74, 6) is 0.550. The Hall–Kier alpha value is -7.42. The van der Waals surface area contributed by atoms with Crippen LogP contribution in [0.15, 0.2) is 212 Å². The molecule has 11 rings (SSSR count). The van der Waals surface area contributed by atoms with E-state index in [1.165, 1.54) is 77.1 Å². The predicted molar refractivity (Wildman–Crippen MR) is 251 cm³/mol. The standard InChI is InChI=1S/C57H42N2/c1-39-19-20-44-27-35-52-50(16-10-17-51(52)55(44)37-39)43-25-33-49(34-26-43)58(47-29-21-41(22-30-47)40-11-4-2-5-12-40)48-31-23-42(24-32-48)45-28-36-54-53-15-8-9-18-56(53)59(57(54)38-45)46-13-6-3-7-14-46/h2-36,38-39H,37H2,1H3. The number of allylic oxidation sites excluding steroid dienone is 1. The Kier molecular flexibility index (Phi) is 8.56. The second-order valence-electron chi connectivity index (χ2n) is 15.8. The smallest absolute Gasteiger partial charge is 0.0547 e. The number of hydrogen-bond donors (Lipinski definition) is 0. The van der Waals surface area contributed by atoms with Gasteiger partial charge >= 0.3 is 0 Å². The van der Waals surface area contributed by atoms with Crippen molar-refractivity contribution in [2.45, 2.75) is 13.3 Å². The zero-order chi connectivity index (χ0) is 39.3. The molecule has 0 aliphatic heterocycles. The second-order valence-corrected chi connectivity index (χ2v) is 15.8. The summed E-state index contributed by atoms with van der Waals surface area (Å²) in [5.41, 5.74) is 17.0. The summed E-state index contributed by atoms with van der Waals surface area (Å²) >= 11 is 0. The van der Waals surface area contributed by atoms with E-state index in [2.05, 4.69) is 235 Å². The van der Waals surface area contributed by atoms with Crippen molar-refractivity contribution < 1.29 is 0 Å². The van der Waals surface area contributed by atoms with Gasteiger partial charge in [-0.3, -0.25) is 0 Å². The summed E-state index contributed by atoms with van der Waals surface area (Å²) in [6.45, 7) is 2.31. The fraction of sp³-hybridized carbons (Fsp3) is 0.0526. The Morgan fingerprint density at radius 2 is 0.966 bits per heavy atom. The zero-order valence-electron chi connectivity index (χ0n) is 33.0. The van der Waals surface area contributed by atoms with Crippen molar-refractivity contribution in [3.63, 3.8) is 0 Å². The van der Waals surface area contributed by atoms with E-state index in [4.69, 9.17) is 0 Å². The molecule has 1 aliphatic rings. The van der Waals surface area contributed by atoms with Gasteiger partial charge in [0.1, 0.15) is 0 Å². The average Bonchev–Trinajstić information content (AvgIpc) is 3.64. The van der Waals surface area contributed by atoms with Gasteiger partial charge < -0.3 is 9.47 Å². The Morgan fingerprint density at radius 3 is 1.68 bits per heavy atom. The molecule has 0 amide bonds. The van der Waals surface area contributed by atoms with Crippen LogP contribution in [0.25, 0.3) is 77.7 Å². The lowest BCUT2D eigenvalue weighted by atomic mass is 9.85. The molecule has 10 aromatic rings. The van der Waals surface area contributed by atoms with Crippen molar-refractivity contribution in [3.8, 4) is 39.1 Å². The van der Waals surface area contributed by atoms with Crippen LogP contribution >= 0.6 is 0 Å². The van der Waals surface area contributed by atoms with Crippen LogP contribution in [0.3, 0.4) is 0 Å². The SMILES string of the molecule is CC1C=Cc2ccc3c(-c4ccc(N(c5ccc(-c6ccccc6)cc5)c5ccc(-c6ccc7c8ccccc8n(-c8ccccc8)c7c6)cc5)cc4)cccc3c2C1. The fourth-order valence-electron chi connectivity index (χ4n) is 9.21. The molecule has 59 heavy (non-hydrogen) atoms. The highest BCUT2D eigenvalue weighted by Gasteiger charge is 2.18. The molecule has 1 unspecified atom stereocenters. The quantitative estimate of drug-likeness (QED) is 0.157. The summed E-state index contributed by atoms with van der Waals surface area (Å²) in [5, 5.41) is 5.20. The second kappa shape index (κ2) is 14.5. The lowest BCUT2D eigenvalue weighted by Gasteiger charge is -2.26. The first kappa shape index (κ1) is 34.8. The number of fused-ring (bicyclic) bond motifs is 6. The van der Waals surface area contributed by atoms with Crippen LogP contribution in [0.5, 0.6) is 0 Å². The van der Waals surface area contributed by atoms with Crippen LogP contribution in [0.1, 0.15) is 18.1 Å². The number of rotatable bonds is 7. The van der Waals surface area contributed by atoms with Gasteiger partial charge in [-0.05, 0) is 128 Å². The molecule has 280 valence electrons. The monoisotopic (exact) mass is 754 g/mol. The van der Waals surface area contributed by atoms with Gasteiger partial charge in [0.15, 0.2) is 0 Å². The van der Waals surface area contributed by atoms with E-state index in [0.717, 1.165) is 29.2 Å². The third kappa shape index (κ3) is 6.22.